The Labute approximate surface area is 151 Å². The van der Waals surface area contributed by atoms with E-state index in [1.165, 1.54) is 0 Å². The molecule has 1 aliphatic heterocycles. The summed E-state index contributed by atoms with van der Waals surface area (Å²) >= 11 is 5.36. The predicted molar refractivity (Wildman–Crippen MR) is 102 cm³/mol. The molecule has 0 bridgehead atoms. The number of sulfonamides is 1. The Morgan fingerprint density at radius 2 is 1.58 bits per heavy atom. The highest BCUT2D eigenvalue weighted by molar-refractivity contribution is 7.89. The van der Waals surface area contributed by atoms with Gasteiger partial charge in [-0.05, 0) is 49.7 Å². The lowest BCUT2D eigenvalue weighted by Gasteiger charge is -2.36. The van der Waals surface area contributed by atoms with Crippen LogP contribution >= 0.6 is 12.2 Å². The Hall–Kier alpha value is -1.18. The maximum absolute atomic E-state index is 12.8. The zero-order valence-electron chi connectivity index (χ0n) is 14.8. The number of nitrogens with zero attached hydrogens (tertiary/aromatic N) is 2. The normalized spacial score (nSPS) is 16.7. The van der Waals surface area contributed by atoms with Crippen LogP contribution < -0.4 is 5.32 Å². The summed E-state index contributed by atoms with van der Waals surface area (Å²) in [5.41, 5.74) is 1.14. The van der Waals surface area contributed by atoms with Crippen molar-refractivity contribution < 1.29 is 8.42 Å². The number of benzene rings is 1. The Bertz CT molecular complexity index is 662. The molecule has 5 nitrogen and oxygen atoms in total. The molecule has 1 aromatic rings. The van der Waals surface area contributed by atoms with Gasteiger partial charge < -0.3 is 10.2 Å². The van der Waals surface area contributed by atoms with E-state index in [1.807, 2.05) is 30.9 Å². The van der Waals surface area contributed by atoms with Crippen molar-refractivity contribution in [2.45, 2.75) is 44.6 Å². The lowest BCUT2D eigenvalue weighted by molar-refractivity contribution is 0.263. The summed E-state index contributed by atoms with van der Waals surface area (Å²) in [5.74, 6) is 0.389. The second kappa shape index (κ2) is 7.80. The molecule has 1 saturated heterocycles. The van der Waals surface area contributed by atoms with Gasteiger partial charge in [0.05, 0.1) is 4.90 Å². The molecule has 1 heterocycles. The fourth-order valence-corrected chi connectivity index (χ4v) is 4.48. The molecule has 0 aromatic heterocycles. The summed E-state index contributed by atoms with van der Waals surface area (Å²) in [4.78, 5) is 2.40. The van der Waals surface area contributed by atoms with E-state index in [0.717, 1.165) is 5.56 Å². The Morgan fingerprint density at radius 3 is 2.04 bits per heavy atom. The lowest BCUT2D eigenvalue weighted by atomic mass is 10.0. The minimum atomic E-state index is -3.43. The van der Waals surface area contributed by atoms with Crippen LogP contribution in [0, 0.1) is 0 Å². The van der Waals surface area contributed by atoms with Gasteiger partial charge in [-0.3, -0.25) is 0 Å². The molecule has 0 aliphatic carbocycles. The monoisotopic (exact) mass is 369 g/mol. The molecule has 1 fully saturated rings. The van der Waals surface area contributed by atoms with Crippen molar-refractivity contribution in [1.29, 1.82) is 0 Å². The van der Waals surface area contributed by atoms with Gasteiger partial charge in [-0.1, -0.05) is 26.0 Å². The number of thiocarbonyl (C=S) groups is 1. The summed E-state index contributed by atoms with van der Waals surface area (Å²) < 4.78 is 27.1. The standard InChI is InChI=1S/C17H27N3O2S2/c1-13(2)15-5-7-16(8-6-15)24(21,22)20-11-9-19(10-12-20)17(23)18-14(3)4/h5-8,13-14H,9-12H2,1-4H3,(H,18,23). The summed E-state index contributed by atoms with van der Waals surface area (Å²) in [5, 5.41) is 3.90. The zero-order valence-corrected chi connectivity index (χ0v) is 16.5. The summed E-state index contributed by atoms with van der Waals surface area (Å²) in [6, 6.07) is 7.49. The molecule has 0 spiro atoms. The van der Waals surface area contributed by atoms with E-state index in [2.05, 4.69) is 19.2 Å². The highest BCUT2D eigenvalue weighted by atomic mass is 32.2. The third-order valence-corrected chi connectivity index (χ3v) is 6.41. The van der Waals surface area contributed by atoms with E-state index in [4.69, 9.17) is 12.2 Å². The molecule has 1 aromatic carbocycles. The van der Waals surface area contributed by atoms with E-state index in [0.29, 0.717) is 42.1 Å². The molecule has 2 rings (SSSR count). The Morgan fingerprint density at radius 1 is 1.04 bits per heavy atom. The third kappa shape index (κ3) is 4.46. The number of hydrogen-bond donors (Lipinski definition) is 1. The average Bonchev–Trinajstić information content (AvgIpc) is 2.54. The van der Waals surface area contributed by atoms with Gasteiger partial charge in [0.25, 0.3) is 0 Å². The molecule has 0 radical (unpaired) electrons. The first-order valence-electron chi connectivity index (χ1n) is 8.37. The Balaban J connectivity index is 2.03. The van der Waals surface area contributed by atoms with Gasteiger partial charge in [-0.15, -0.1) is 0 Å². The molecule has 1 N–H and O–H groups in total. The van der Waals surface area contributed by atoms with Gasteiger partial charge in [0.1, 0.15) is 0 Å². The van der Waals surface area contributed by atoms with Gasteiger partial charge in [-0.2, -0.15) is 4.31 Å². The first-order valence-corrected chi connectivity index (χ1v) is 10.2. The van der Waals surface area contributed by atoms with Crippen LogP contribution in [0.2, 0.25) is 0 Å². The van der Waals surface area contributed by atoms with Gasteiger partial charge in [0.15, 0.2) is 5.11 Å². The molecule has 0 amide bonds. The van der Waals surface area contributed by atoms with E-state index in [9.17, 15) is 8.42 Å². The molecule has 134 valence electrons. The summed E-state index contributed by atoms with van der Waals surface area (Å²) in [6.45, 7) is 10.4. The predicted octanol–water partition coefficient (Wildman–Crippen LogP) is 2.40. The van der Waals surface area contributed by atoms with Crippen molar-refractivity contribution in [1.82, 2.24) is 14.5 Å². The van der Waals surface area contributed by atoms with Crippen LogP contribution in [0.3, 0.4) is 0 Å². The number of piperazine rings is 1. The van der Waals surface area contributed by atoms with E-state index >= 15 is 0 Å². The summed E-state index contributed by atoms with van der Waals surface area (Å²) in [6.07, 6.45) is 0. The summed E-state index contributed by atoms with van der Waals surface area (Å²) in [7, 11) is -3.43. The van der Waals surface area contributed by atoms with Gasteiger partial charge in [-0.25, -0.2) is 8.42 Å². The van der Waals surface area contributed by atoms with E-state index in [-0.39, 0.29) is 6.04 Å². The molecule has 0 saturated carbocycles. The topological polar surface area (TPSA) is 52.6 Å². The second-order valence-electron chi connectivity index (χ2n) is 6.72. The van der Waals surface area contributed by atoms with Crippen molar-refractivity contribution >= 4 is 27.4 Å². The first-order chi connectivity index (χ1) is 11.2. The molecule has 7 heteroatoms. The van der Waals surface area contributed by atoms with Crippen LogP contribution in [-0.2, 0) is 10.0 Å². The van der Waals surface area contributed by atoms with Gasteiger partial charge in [0.2, 0.25) is 10.0 Å². The molecule has 24 heavy (non-hydrogen) atoms. The fourth-order valence-electron chi connectivity index (χ4n) is 2.64. The molecule has 1 aliphatic rings. The number of rotatable bonds is 4. The van der Waals surface area contributed by atoms with Crippen LogP contribution in [-0.4, -0.2) is 55.0 Å². The molecule has 0 atom stereocenters. The molecule has 0 unspecified atom stereocenters. The average molecular weight is 370 g/mol. The third-order valence-electron chi connectivity index (χ3n) is 4.12. The SMILES string of the molecule is CC(C)NC(=S)N1CCN(S(=O)(=O)c2ccc(C(C)C)cc2)CC1. The molecular weight excluding hydrogens is 342 g/mol. The minimum Gasteiger partial charge on any atom is -0.360 e. The lowest BCUT2D eigenvalue weighted by Crippen LogP contribution is -2.53. The smallest absolute Gasteiger partial charge is 0.243 e. The first kappa shape index (κ1) is 19.1. The number of hydrogen-bond acceptors (Lipinski definition) is 3. The van der Waals surface area contributed by atoms with Gasteiger partial charge in [0, 0.05) is 32.2 Å². The van der Waals surface area contributed by atoms with Crippen LogP contribution in [0.4, 0.5) is 0 Å². The van der Waals surface area contributed by atoms with Crippen molar-refractivity contribution in [3.8, 4) is 0 Å². The van der Waals surface area contributed by atoms with E-state index < -0.39 is 10.0 Å². The fraction of sp³-hybridized carbons (Fsp3) is 0.588. The maximum atomic E-state index is 12.8. The highest BCUT2D eigenvalue weighted by Crippen LogP contribution is 2.21. The molecular formula is C17H27N3O2S2. The van der Waals surface area contributed by atoms with Crippen LogP contribution in [0.1, 0.15) is 39.2 Å². The van der Waals surface area contributed by atoms with Crippen LogP contribution in [0.5, 0.6) is 0 Å². The second-order valence-corrected chi connectivity index (χ2v) is 9.04. The zero-order chi connectivity index (χ0) is 17.9. The van der Waals surface area contributed by atoms with Crippen molar-refractivity contribution in [2.75, 3.05) is 26.2 Å². The highest BCUT2D eigenvalue weighted by Gasteiger charge is 2.29. The van der Waals surface area contributed by atoms with Crippen LogP contribution in [0.25, 0.3) is 0 Å². The van der Waals surface area contributed by atoms with Crippen molar-refractivity contribution in [3.05, 3.63) is 29.8 Å². The largest absolute Gasteiger partial charge is 0.360 e. The quantitative estimate of drug-likeness (QED) is 0.826. The van der Waals surface area contributed by atoms with Crippen LogP contribution in [0.15, 0.2) is 29.2 Å². The van der Waals surface area contributed by atoms with E-state index in [1.54, 1.807) is 16.4 Å². The van der Waals surface area contributed by atoms with Crippen molar-refractivity contribution in [3.63, 3.8) is 0 Å². The van der Waals surface area contributed by atoms with Crippen molar-refractivity contribution in [2.24, 2.45) is 0 Å². The number of nitrogens with one attached hydrogen (secondary N) is 1. The maximum Gasteiger partial charge on any atom is 0.243 e. The minimum absolute atomic E-state index is 0.277. The Kier molecular flexibility index (Phi) is 6.22. The van der Waals surface area contributed by atoms with Gasteiger partial charge >= 0.3 is 0 Å².